The first-order chi connectivity index (χ1) is 12.8. The zero-order chi connectivity index (χ0) is 21.7. The average molecular weight is 393 g/mol. The molecule has 1 rings (SSSR count). The number of hydrogen-bond donors (Lipinski definition) is 1. The molecule has 1 aromatic carbocycles. The third kappa shape index (κ3) is 6.51. The van der Waals surface area contributed by atoms with Crippen LogP contribution < -0.4 is 9.47 Å². The monoisotopic (exact) mass is 392 g/mol. The van der Waals surface area contributed by atoms with Crippen molar-refractivity contribution in [1.82, 2.24) is 0 Å². The second-order valence-corrected chi connectivity index (χ2v) is 9.82. The Kier molecular flexibility index (Phi) is 8.55. The lowest BCUT2D eigenvalue weighted by Gasteiger charge is -2.30. The van der Waals surface area contributed by atoms with Crippen LogP contribution in [0.15, 0.2) is 12.1 Å². The highest BCUT2D eigenvalue weighted by Crippen LogP contribution is 2.42. The van der Waals surface area contributed by atoms with Crippen LogP contribution in [0.4, 0.5) is 0 Å². The molecule has 0 spiro atoms. The molecule has 4 heteroatoms. The highest BCUT2D eigenvalue weighted by Gasteiger charge is 2.32. The first kappa shape index (κ1) is 24.5. The van der Waals surface area contributed by atoms with Gasteiger partial charge < -0.3 is 14.6 Å². The number of carbonyl (C=O) groups is 1. The number of ether oxygens (including phenoxy) is 2. The molecule has 0 fully saturated rings. The van der Waals surface area contributed by atoms with Crippen molar-refractivity contribution in [2.45, 2.75) is 98.0 Å². The fourth-order valence-corrected chi connectivity index (χ4v) is 3.15. The molecular formula is C24H40O4. The molecule has 0 saturated heterocycles. The first-order valence-electron chi connectivity index (χ1n) is 10.5. The molecule has 1 aromatic rings. The van der Waals surface area contributed by atoms with Crippen molar-refractivity contribution in [3.05, 3.63) is 23.3 Å². The summed E-state index contributed by atoms with van der Waals surface area (Å²) in [6.07, 6.45) is 2.98. The van der Waals surface area contributed by atoms with Crippen LogP contribution in [0, 0.1) is 5.92 Å². The van der Waals surface area contributed by atoms with Gasteiger partial charge in [0, 0.05) is 11.1 Å². The average Bonchev–Trinajstić information content (AvgIpc) is 2.59. The summed E-state index contributed by atoms with van der Waals surface area (Å²) in [5.74, 6) is 0.394. The predicted octanol–water partition coefficient (Wildman–Crippen LogP) is 5.77. The topological polar surface area (TPSA) is 55.8 Å². The minimum absolute atomic E-state index is 0.229. The second kappa shape index (κ2) is 9.78. The van der Waals surface area contributed by atoms with Crippen LogP contribution in [0.5, 0.6) is 11.5 Å². The third-order valence-corrected chi connectivity index (χ3v) is 5.17. The summed E-state index contributed by atoms with van der Waals surface area (Å²) in [6.45, 7) is 16.4. The van der Waals surface area contributed by atoms with E-state index in [2.05, 4.69) is 48.5 Å². The molecule has 4 nitrogen and oxygen atoms in total. The van der Waals surface area contributed by atoms with E-state index in [0.29, 0.717) is 12.2 Å². The number of hydrogen-bond acceptors (Lipinski definition) is 4. The van der Waals surface area contributed by atoms with E-state index in [1.54, 1.807) is 14.0 Å². The molecule has 0 unspecified atom stereocenters. The number of carbonyl (C=O) groups excluding carboxylic acids is 1. The van der Waals surface area contributed by atoms with Gasteiger partial charge >= 0.3 is 5.97 Å². The Labute approximate surface area is 171 Å². The standard InChI is InChI=1S/C24H40O4/c1-10-11-12-13-20(25)16(2)22(26)28-21-18(23(3,4)5)14-17(27-9)15-19(21)24(6,7)8/h14-16,20,25H,10-13H2,1-9H3/t16-,20-/m0/s1. The Morgan fingerprint density at radius 1 is 1.04 bits per heavy atom. The van der Waals surface area contributed by atoms with Gasteiger partial charge in [-0.1, -0.05) is 67.7 Å². The molecule has 28 heavy (non-hydrogen) atoms. The van der Waals surface area contributed by atoms with Gasteiger partial charge in [0.2, 0.25) is 0 Å². The number of aliphatic hydroxyl groups excluding tert-OH is 1. The zero-order valence-electron chi connectivity index (χ0n) is 19.3. The number of benzene rings is 1. The Hall–Kier alpha value is -1.55. The Bertz CT molecular complexity index is 615. The highest BCUT2D eigenvalue weighted by molar-refractivity contribution is 5.77. The number of rotatable bonds is 8. The van der Waals surface area contributed by atoms with E-state index in [1.807, 2.05) is 12.1 Å². The summed E-state index contributed by atoms with van der Waals surface area (Å²) in [7, 11) is 1.65. The molecule has 0 heterocycles. The van der Waals surface area contributed by atoms with Crippen LogP contribution in [0.2, 0.25) is 0 Å². The Morgan fingerprint density at radius 3 is 1.93 bits per heavy atom. The van der Waals surface area contributed by atoms with Crippen LogP contribution in [0.3, 0.4) is 0 Å². The molecule has 0 amide bonds. The molecular weight excluding hydrogens is 352 g/mol. The van der Waals surface area contributed by atoms with Gasteiger partial charge in [-0.3, -0.25) is 4.79 Å². The van der Waals surface area contributed by atoms with Gasteiger partial charge in [0.05, 0.1) is 19.1 Å². The highest BCUT2D eigenvalue weighted by atomic mass is 16.5. The molecule has 1 N–H and O–H groups in total. The SMILES string of the molecule is CCCCC[C@H](O)[C@H](C)C(=O)Oc1c(C(C)(C)C)cc(OC)cc1C(C)(C)C. The lowest BCUT2D eigenvalue weighted by molar-refractivity contribution is -0.142. The molecule has 2 atom stereocenters. The minimum Gasteiger partial charge on any atom is -0.497 e. The molecule has 0 aliphatic heterocycles. The summed E-state index contributed by atoms with van der Waals surface area (Å²) in [4.78, 5) is 12.9. The summed E-state index contributed by atoms with van der Waals surface area (Å²) >= 11 is 0. The van der Waals surface area contributed by atoms with Crippen LogP contribution >= 0.6 is 0 Å². The van der Waals surface area contributed by atoms with Crippen LogP contribution in [-0.2, 0) is 15.6 Å². The molecule has 0 aromatic heterocycles. The maximum absolute atomic E-state index is 12.9. The fourth-order valence-electron chi connectivity index (χ4n) is 3.15. The third-order valence-electron chi connectivity index (χ3n) is 5.17. The van der Waals surface area contributed by atoms with Crippen molar-refractivity contribution in [1.29, 1.82) is 0 Å². The number of methoxy groups -OCH3 is 1. The molecule has 0 aliphatic rings. The van der Waals surface area contributed by atoms with Crippen molar-refractivity contribution in [2.75, 3.05) is 7.11 Å². The smallest absolute Gasteiger partial charge is 0.316 e. The van der Waals surface area contributed by atoms with Crippen molar-refractivity contribution < 1.29 is 19.4 Å². The van der Waals surface area contributed by atoms with E-state index >= 15 is 0 Å². The maximum atomic E-state index is 12.9. The van der Waals surface area contributed by atoms with Gasteiger partial charge in [-0.25, -0.2) is 0 Å². The predicted molar refractivity (Wildman–Crippen MR) is 115 cm³/mol. The van der Waals surface area contributed by atoms with Gasteiger partial charge in [0.15, 0.2) is 0 Å². The summed E-state index contributed by atoms with van der Waals surface area (Å²) in [5, 5.41) is 10.4. The zero-order valence-corrected chi connectivity index (χ0v) is 19.3. The van der Waals surface area contributed by atoms with Crippen molar-refractivity contribution in [2.24, 2.45) is 5.92 Å². The number of unbranched alkanes of at least 4 members (excludes halogenated alkanes) is 2. The lowest BCUT2D eigenvalue weighted by Crippen LogP contribution is -2.31. The van der Waals surface area contributed by atoms with Crippen LogP contribution in [0.25, 0.3) is 0 Å². The van der Waals surface area contributed by atoms with E-state index in [0.717, 1.165) is 36.1 Å². The van der Waals surface area contributed by atoms with E-state index in [4.69, 9.17) is 9.47 Å². The van der Waals surface area contributed by atoms with Crippen molar-refractivity contribution >= 4 is 5.97 Å². The molecule has 0 bridgehead atoms. The summed E-state index contributed by atoms with van der Waals surface area (Å²) in [6, 6.07) is 3.89. The van der Waals surface area contributed by atoms with E-state index < -0.39 is 12.0 Å². The molecule has 0 saturated carbocycles. The molecule has 160 valence electrons. The Balaban J connectivity index is 3.29. The van der Waals surface area contributed by atoms with E-state index in [1.165, 1.54) is 0 Å². The van der Waals surface area contributed by atoms with Gasteiger partial charge in [-0.05, 0) is 36.3 Å². The normalized spacial score (nSPS) is 14.5. The summed E-state index contributed by atoms with van der Waals surface area (Å²) in [5.41, 5.74) is 1.40. The lowest BCUT2D eigenvalue weighted by atomic mass is 9.79. The van der Waals surface area contributed by atoms with Crippen molar-refractivity contribution in [3.63, 3.8) is 0 Å². The first-order valence-corrected chi connectivity index (χ1v) is 10.5. The number of esters is 1. The molecule has 0 radical (unpaired) electrons. The molecule has 0 aliphatic carbocycles. The van der Waals surface area contributed by atoms with Gasteiger partial charge in [0.1, 0.15) is 11.5 Å². The Morgan fingerprint density at radius 2 is 1.54 bits per heavy atom. The summed E-state index contributed by atoms with van der Waals surface area (Å²) < 4.78 is 11.5. The second-order valence-electron chi connectivity index (χ2n) is 9.82. The quantitative estimate of drug-likeness (QED) is 0.346. The van der Waals surface area contributed by atoms with Gasteiger partial charge in [-0.15, -0.1) is 0 Å². The van der Waals surface area contributed by atoms with Crippen LogP contribution in [0.1, 0.15) is 92.2 Å². The van der Waals surface area contributed by atoms with Gasteiger partial charge in [-0.2, -0.15) is 0 Å². The van der Waals surface area contributed by atoms with Crippen molar-refractivity contribution in [3.8, 4) is 11.5 Å². The minimum atomic E-state index is -0.687. The maximum Gasteiger partial charge on any atom is 0.316 e. The van der Waals surface area contributed by atoms with E-state index in [-0.39, 0.29) is 16.8 Å². The largest absolute Gasteiger partial charge is 0.497 e. The number of aliphatic hydroxyl groups is 1. The fraction of sp³-hybridized carbons (Fsp3) is 0.708. The van der Waals surface area contributed by atoms with Crippen LogP contribution in [-0.4, -0.2) is 24.3 Å². The van der Waals surface area contributed by atoms with E-state index in [9.17, 15) is 9.90 Å². The van der Waals surface area contributed by atoms with Gasteiger partial charge in [0.25, 0.3) is 0 Å².